The van der Waals surface area contributed by atoms with Gasteiger partial charge < -0.3 is 15.3 Å². The molecule has 2 aromatic rings. The second-order valence-corrected chi connectivity index (χ2v) is 8.21. The first-order chi connectivity index (χ1) is 13.8. The van der Waals surface area contributed by atoms with Gasteiger partial charge in [-0.15, -0.1) is 0 Å². The summed E-state index contributed by atoms with van der Waals surface area (Å²) in [6.45, 7) is 5.09. The van der Waals surface area contributed by atoms with E-state index >= 15 is 0 Å². The Labute approximate surface area is 170 Å². The number of nitriles is 1. The number of benzene rings is 2. The molecule has 1 atom stereocenters. The van der Waals surface area contributed by atoms with Gasteiger partial charge >= 0.3 is 0 Å². The molecule has 0 aromatic heterocycles. The fourth-order valence-electron chi connectivity index (χ4n) is 3.78. The number of aliphatic hydroxyl groups is 1. The van der Waals surface area contributed by atoms with E-state index in [9.17, 15) is 9.59 Å². The van der Waals surface area contributed by atoms with Gasteiger partial charge in [0.05, 0.1) is 18.2 Å². The molecular formula is C23H25N3O3. The largest absolute Gasteiger partial charge is 0.392 e. The van der Waals surface area contributed by atoms with Crippen molar-refractivity contribution in [3.8, 4) is 6.07 Å². The third kappa shape index (κ3) is 4.82. The van der Waals surface area contributed by atoms with Gasteiger partial charge in [-0.3, -0.25) is 9.59 Å². The molecule has 1 unspecified atom stereocenters. The minimum atomic E-state index is -0.210. The molecule has 0 aliphatic carbocycles. The molecule has 1 saturated heterocycles. The van der Waals surface area contributed by atoms with Crippen molar-refractivity contribution in [2.75, 3.05) is 13.1 Å². The van der Waals surface area contributed by atoms with Crippen molar-refractivity contribution >= 4 is 11.8 Å². The number of rotatable bonds is 5. The molecule has 0 spiro atoms. The summed E-state index contributed by atoms with van der Waals surface area (Å²) in [5.74, 6) is -0.336. The van der Waals surface area contributed by atoms with E-state index in [1.165, 1.54) is 0 Å². The zero-order valence-electron chi connectivity index (χ0n) is 16.7. The highest BCUT2D eigenvalue weighted by molar-refractivity contribution is 5.96. The molecule has 0 bridgehead atoms. The van der Waals surface area contributed by atoms with Crippen molar-refractivity contribution < 1.29 is 14.7 Å². The summed E-state index contributed by atoms with van der Waals surface area (Å²) in [5, 5.41) is 21.1. The van der Waals surface area contributed by atoms with E-state index in [1.807, 2.05) is 0 Å². The number of amides is 2. The topological polar surface area (TPSA) is 93.4 Å². The minimum absolute atomic E-state index is 0.0549. The minimum Gasteiger partial charge on any atom is -0.392 e. The van der Waals surface area contributed by atoms with Crippen molar-refractivity contribution in [1.29, 1.82) is 5.26 Å². The molecule has 150 valence electrons. The standard InChI is InChI=1S/C23H25N3O3/c1-23(2)11-20(13-25-21(28)18-8-6-16(14-27)7-9-18)26(15-23)22(29)19-5-3-4-17(10-19)12-24/h3-10,20,27H,11,13-15H2,1-2H3,(H,25,28). The van der Waals surface area contributed by atoms with Gasteiger partial charge in [-0.05, 0) is 47.7 Å². The van der Waals surface area contributed by atoms with Crippen LogP contribution < -0.4 is 5.32 Å². The van der Waals surface area contributed by atoms with Gasteiger partial charge in [0.2, 0.25) is 0 Å². The molecular weight excluding hydrogens is 366 g/mol. The molecule has 6 nitrogen and oxygen atoms in total. The highest BCUT2D eigenvalue weighted by atomic mass is 16.3. The Balaban J connectivity index is 1.71. The molecule has 0 saturated carbocycles. The Morgan fingerprint density at radius 3 is 2.59 bits per heavy atom. The van der Waals surface area contributed by atoms with E-state index in [0.29, 0.717) is 29.8 Å². The quantitative estimate of drug-likeness (QED) is 0.820. The molecule has 6 heteroatoms. The number of hydrogen-bond acceptors (Lipinski definition) is 4. The lowest BCUT2D eigenvalue weighted by Crippen LogP contribution is -2.43. The first kappa shape index (κ1) is 20.6. The SMILES string of the molecule is CC1(C)CC(CNC(=O)c2ccc(CO)cc2)N(C(=O)c2cccc(C#N)c2)C1. The number of aliphatic hydroxyl groups excluding tert-OH is 1. The maximum atomic E-state index is 13.1. The molecule has 0 radical (unpaired) electrons. The van der Waals surface area contributed by atoms with Gasteiger partial charge in [0.25, 0.3) is 11.8 Å². The van der Waals surface area contributed by atoms with Crippen LogP contribution in [0.2, 0.25) is 0 Å². The fourth-order valence-corrected chi connectivity index (χ4v) is 3.78. The fraction of sp³-hybridized carbons (Fsp3) is 0.348. The summed E-state index contributed by atoms with van der Waals surface area (Å²) in [5.41, 5.74) is 2.14. The van der Waals surface area contributed by atoms with Crippen molar-refractivity contribution in [3.63, 3.8) is 0 Å². The molecule has 1 aliphatic heterocycles. The Morgan fingerprint density at radius 2 is 1.93 bits per heavy atom. The zero-order valence-corrected chi connectivity index (χ0v) is 16.7. The van der Waals surface area contributed by atoms with E-state index in [-0.39, 0.29) is 29.9 Å². The van der Waals surface area contributed by atoms with E-state index in [0.717, 1.165) is 12.0 Å². The lowest BCUT2D eigenvalue weighted by Gasteiger charge is -2.25. The number of nitrogens with zero attached hydrogens (tertiary/aromatic N) is 2. The second kappa shape index (κ2) is 8.46. The average Bonchev–Trinajstić information content (AvgIpc) is 3.06. The van der Waals surface area contributed by atoms with E-state index in [4.69, 9.17) is 10.4 Å². The van der Waals surface area contributed by atoms with E-state index in [2.05, 4.69) is 25.2 Å². The highest BCUT2D eigenvalue weighted by Gasteiger charge is 2.40. The molecule has 29 heavy (non-hydrogen) atoms. The van der Waals surface area contributed by atoms with Crippen LogP contribution >= 0.6 is 0 Å². The smallest absolute Gasteiger partial charge is 0.254 e. The summed E-state index contributed by atoms with van der Waals surface area (Å²) < 4.78 is 0. The molecule has 1 heterocycles. The van der Waals surface area contributed by atoms with Crippen LogP contribution in [0.15, 0.2) is 48.5 Å². The van der Waals surface area contributed by atoms with Crippen molar-refractivity contribution in [2.45, 2.75) is 32.9 Å². The van der Waals surface area contributed by atoms with Crippen molar-refractivity contribution in [3.05, 3.63) is 70.8 Å². The maximum absolute atomic E-state index is 13.1. The van der Waals surface area contributed by atoms with Gasteiger partial charge in [0.1, 0.15) is 0 Å². The summed E-state index contributed by atoms with van der Waals surface area (Å²) >= 11 is 0. The van der Waals surface area contributed by atoms with Crippen molar-refractivity contribution in [2.24, 2.45) is 5.41 Å². The van der Waals surface area contributed by atoms with E-state index in [1.54, 1.807) is 53.4 Å². The molecule has 3 rings (SSSR count). The first-order valence-corrected chi connectivity index (χ1v) is 9.62. The van der Waals surface area contributed by atoms with Gasteiger partial charge in [-0.25, -0.2) is 0 Å². The van der Waals surface area contributed by atoms with Gasteiger partial charge in [0.15, 0.2) is 0 Å². The van der Waals surface area contributed by atoms with Crippen LogP contribution in [0.3, 0.4) is 0 Å². The van der Waals surface area contributed by atoms with Gasteiger partial charge in [0, 0.05) is 30.3 Å². The van der Waals surface area contributed by atoms with E-state index < -0.39 is 0 Å². The number of carbonyl (C=O) groups excluding carboxylic acids is 2. The molecule has 1 fully saturated rings. The molecule has 2 N–H and O–H groups in total. The van der Waals surface area contributed by atoms with Crippen LogP contribution in [-0.4, -0.2) is 41.0 Å². The Kier molecular flexibility index (Phi) is 6.00. The third-order valence-electron chi connectivity index (χ3n) is 5.22. The van der Waals surface area contributed by atoms with Gasteiger partial charge in [-0.1, -0.05) is 32.0 Å². The zero-order chi connectivity index (χ0) is 21.0. The van der Waals surface area contributed by atoms with Crippen LogP contribution in [0, 0.1) is 16.7 Å². The number of carbonyl (C=O) groups is 2. The molecule has 2 aromatic carbocycles. The predicted molar refractivity (Wildman–Crippen MR) is 109 cm³/mol. The summed E-state index contributed by atoms with van der Waals surface area (Å²) in [6, 6.07) is 15.4. The Bertz CT molecular complexity index is 945. The first-order valence-electron chi connectivity index (χ1n) is 9.62. The number of likely N-dealkylation sites (tertiary alicyclic amines) is 1. The monoisotopic (exact) mass is 391 g/mol. The van der Waals surface area contributed by atoms with Crippen LogP contribution in [0.4, 0.5) is 0 Å². The summed E-state index contributed by atoms with van der Waals surface area (Å²) in [4.78, 5) is 27.4. The second-order valence-electron chi connectivity index (χ2n) is 8.21. The Morgan fingerprint density at radius 1 is 1.21 bits per heavy atom. The maximum Gasteiger partial charge on any atom is 0.254 e. The lowest BCUT2D eigenvalue weighted by molar-refractivity contribution is 0.0715. The van der Waals surface area contributed by atoms with Crippen LogP contribution in [0.5, 0.6) is 0 Å². The lowest BCUT2D eigenvalue weighted by atomic mass is 9.90. The Hall–Kier alpha value is -3.17. The number of nitrogens with one attached hydrogen (secondary N) is 1. The van der Waals surface area contributed by atoms with Gasteiger partial charge in [-0.2, -0.15) is 5.26 Å². The van der Waals surface area contributed by atoms with Crippen LogP contribution in [0.25, 0.3) is 0 Å². The molecule has 2 amide bonds. The normalized spacial score (nSPS) is 17.6. The highest BCUT2D eigenvalue weighted by Crippen LogP contribution is 2.34. The predicted octanol–water partition coefficient (Wildman–Crippen LogP) is 2.72. The average molecular weight is 391 g/mol. The third-order valence-corrected chi connectivity index (χ3v) is 5.22. The molecule has 1 aliphatic rings. The number of hydrogen-bond donors (Lipinski definition) is 2. The summed E-state index contributed by atoms with van der Waals surface area (Å²) in [7, 11) is 0. The van der Waals surface area contributed by atoms with Crippen LogP contribution in [0.1, 0.15) is 52.1 Å². The van der Waals surface area contributed by atoms with Crippen molar-refractivity contribution in [1.82, 2.24) is 10.2 Å². The summed E-state index contributed by atoms with van der Waals surface area (Å²) in [6.07, 6.45) is 0.778. The van der Waals surface area contributed by atoms with Crippen LogP contribution in [-0.2, 0) is 6.61 Å².